The molecule has 2 rings (SSSR count). The highest BCUT2D eigenvalue weighted by Crippen LogP contribution is 2.37. The SMILES string of the molecule is CC1SCC(C(=O)c2cccs2)SC1C. The van der Waals surface area contributed by atoms with Gasteiger partial charge in [-0.15, -0.1) is 23.1 Å². The summed E-state index contributed by atoms with van der Waals surface area (Å²) in [6.07, 6.45) is 0. The molecule has 0 amide bonds. The Bertz CT molecular complexity index is 334. The van der Waals surface area contributed by atoms with Crippen LogP contribution in [0.3, 0.4) is 0 Å². The second-order valence-electron chi connectivity index (χ2n) is 3.71. The summed E-state index contributed by atoms with van der Waals surface area (Å²) in [7, 11) is 0. The monoisotopic (exact) mass is 258 g/mol. The highest BCUT2D eigenvalue weighted by atomic mass is 32.2. The van der Waals surface area contributed by atoms with E-state index in [1.54, 1.807) is 11.3 Å². The fourth-order valence-electron chi connectivity index (χ4n) is 1.50. The molecule has 0 saturated carbocycles. The summed E-state index contributed by atoms with van der Waals surface area (Å²) in [5, 5.41) is 3.39. The Morgan fingerprint density at radius 3 is 2.80 bits per heavy atom. The third-order valence-electron chi connectivity index (χ3n) is 2.61. The van der Waals surface area contributed by atoms with Gasteiger partial charge in [0.05, 0.1) is 10.1 Å². The lowest BCUT2D eigenvalue weighted by molar-refractivity contribution is 0.0998. The minimum absolute atomic E-state index is 0.167. The number of Topliss-reactive ketones (excluding diaryl/α,β-unsaturated/α-hetero) is 1. The lowest BCUT2D eigenvalue weighted by Gasteiger charge is -2.30. The molecule has 0 N–H and O–H groups in total. The van der Waals surface area contributed by atoms with Crippen LogP contribution in [-0.2, 0) is 0 Å². The van der Waals surface area contributed by atoms with Gasteiger partial charge in [0.25, 0.3) is 0 Å². The molecule has 4 heteroatoms. The number of ketones is 1. The van der Waals surface area contributed by atoms with Crippen molar-refractivity contribution in [3.63, 3.8) is 0 Å². The first-order valence-electron chi connectivity index (χ1n) is 5.03. The van der Waals surface area contributed by atoms with E-state index in [0.717, 1.165) is 10.6 Å². The van der Waals surface area contributed by atoms with Gasteiger partial charge >= 0.3 is 0 Å². The first-order chi connectivity index (χ1) is 7.18. The van der Waals surface area contributed by atoms with Crippen molar-refractivity contribution >= 4 is 40.6 Å². The third kappa shape index (κ3) is 2.60. The summed E-state index contributed by atoms with van der Waals surface area (Å²) in [4.78, 5) is 13.0. The third-order valence-corrected chi connectivity index (χ3v) is 6.88. The second-order valence-corrected chi connectivity index (χ2v) is 7.65. The summed E-state index contributed by atoms with van der Waals surface area (Å²) < 4.78 is 0. The van der Waals surface area contributed by atoms with Crippen molar-refractivity contribution in [2.45, 2.75) is 29.6 Å². The maximum absolute atomic E-state index is 12.1. The highest BCUT2D eigenvalue weighted by molar-refractivity contribution is 8.08. The molecule has 0 bridgehead atoms. The van der Waals surface area contributed by atoms with Gasteiger partial charge in [0, 0.05) is 16.3 Å². The van der Waals surface area contributed by atoms with Crippen LogP contribution >= 0.6 is 34.9 Å². The van der Waals surface area contributed by atoms with E-state index >= 15 is 0 Å². The van der Waals surface area contributed by atoms with Crippen molar-refractivity contribution in [2.24, 2.45) is 0 Å². The first kappa shape index (κ1) is 11.6. The van der Waals surface area contributed by atoms with Crippen molar-refractivity contribution in [2.75, 3.05) is 5.75 Å². The Balaban J connectivity index is 2.03. The molecule has 3 atom stereocenters. The van der Waals surface area contributed by atoms with Gasteiger partial charge in [-0.1, -0.05) is 19.9 Å². The van der Waals surface area contributed by atoms with Crippen molar-refractivity contribution in [3.8, 4) is 0 Å². The zero-order valence-corrected chi connectivity index (χ0v) is 11.3. The standard InChI is InChI=1S/C11H14OS3/c1-7-8(2)15-10(6-14-7)11(12)9-4-3-5-13-9/h3-5,7-8,10H,6H2,1-2H3. The van der Waals surface area contributed by atoms with Gasteiger partial charge < -0.3 is 0 Å². The molecule has 0 aromatic carbocycles. The fraction of sp³-hybridized carbons (Fsp3) is 0.545. The summed E-state index contributed by atoms with van der Waals surface area (Å²) in [6.45, 7) is 4.46. The van der Waals surface area contributed by atoms with Crippen LogP contribution in [0, 0.1) is 0 Å². The molecule has 1 aliphatic rings. The van der Waals surface area contributed by atoms with Crippen LogP contribution < -0.4 is 0 Å². The van der Waals surface area contributed by atoms with E-state index in [2.05, 4.69) is 13.8 Å². The molecule has 15 heavy (non-hydrogen) atoms. The van der Waals surface area contributed by atoms with Gasteiger partial charge in [0.1, 0.15) is 0 Å². The second kappa shape index (κ2) is 4.93. The van der Waals surface area contributed by atoms with E-state index in [-0.39, 0.29) is 5.25 Å². The summed E-state index contributed by atoms with van der Waals surface area (Å²) in [5.74, 6) is 1.29. The minimum atomic E-state index is 0.167. The molecule has 1 aromatic rings. The quantitative estimate of drug-likeness (QED) is 0.755. The lowest BCUT2D eigenvalue weighted by Crippen LogP contribution is -2.31. The molecular formula is C11H14OS3. The lowest BCUT2D eigenvalue weighted by atomic mass is 10.2. The minimum Gasteiger partial charge on any atom is -0.292 e. The van der Waals surface area contributed by atoms with Crippen LogP contribution in [0.1, 0.15) is 23.5 Å². The summed E-state index contributed by atoms with van der Waals surface area (Å²) >= 11 is 5.31. The van der Waals surface area contributed by atoms with Gasteiger partial charge in [0.2, 0.25) is 0 Å². The zero-order valence-electron chi connectivity index (χ0n) is 8.80. The highest BCUT2D eigenvalue weighted by Gasteiger charge is 2.31. The van der Waals surface area contributed by atoms with E-state index in [9.17, 15) is 4.79 Å². The molecular weight excluding hydrogens is 244 g/mol. The smallest absolute Gasteiger partial charge is 0.186 e. The van der Waals surface area contributed by atoms with E-state index in [4.69, 9.17) is 0 Å². The Morgan fingerprint density at radius 1 is 1.40 bits per heavy atom. The van der Waals surface area contributed by atoms with Gasteiger partial charge in [0.15, 0.2) is 5.78 Å². The van der Waals surface area contributed by atoms with Gasteiger partial charge in [-0.05, 0) is 11.4 Å². The number of carbonyl (C=O) groups is 1. The zero-order chi connectivity index (χ0) is 10.8. The van der Waals surface area contributed by atoms with E-state index < -0.39 is 0 Å². The Labute approximate surface area is 103 Å². The van der Waals surface area contributed by atoms with Gasteiger partial charge in [-0.25, -0.2) is 0 Å². The number of hydrogen-bond acceptors (Lipinski definition) is 4. The van der Waals surface area contributed by atoms with Crippen LogP contribution in [0.15, 0.2) is 17.5 Å². The number of hydrogen-bond donors (Lipinski definition) is 0. The number of rotatable bonds is 2. The Morgan fingerprint density at radius 2 is 2.20 bits per heavy atom. The van der Waals surface area contributed by atoms with Gasteiger partial charge in [-0.3, -0.25) is 4.79 Å². The molecule has 3 unspecified atom stereocenters. The van der Waals surface area contributed by atoms with Crippen molar-refractivity contribution < 1.29 is 4.79 Å². The predicted octanol–water partition coefficient (Wildman–Crippen LogP) is 3.56. The maximum Gasteiger partial charge on any atom is 0.186 e. The molecule has 1 aliphatic heterocycles. The topological polar surface area (TPSA) is 17.1 Å². The molecule has 0 radical (unpaired) electrons. The first-order valence-corrected chi connectivity index (χ1v) is 7.90. The molecule has 2 heterocycles. The van der Waals surface area contributed by atoms with Crippen molar-refractivity contribution in [1.29, 1.82) is 0 Å². The molecule has 1 aromatic heterocycles. The van der Waals surface area contributed by atoms with Crippen molar-refractivity contribution in [1.82, 2.24) is 0 Å². The van der Waals surface area contributed by atoms with Gasteiger partial charge in [-0.2, -0.15) is 11.8 Å². The number of thiophene rings is 1. The molecule has 0 spiro atoms. The average molecular weight is 258 g/mol. The summed E-state index contributed by atoms with van der Waals surface area (Å²) in [6, 6.07) is 3.88. The van der Waals surface area contributed by atoms with Crippen LogP contribution in [0.25, 0.3) is 0 Å². The summed E-state index contributed by atoms with van der Waals surface area (Å²) in [5.41, 5.74) is 0. The predicted molar refractivity (Wildman–Crippen MR) is 71.4 cm³/mol. The molecule has 0 aliphatic carbocycles. The van der Waals surface area contributed by atoms with E-state index in [1.165, 1.54) is 0 Å². The number of thioether (sulfide) groups is 2. The van der Waals surface area contributed by atoms with Crippen LogP contribution in [0.4, 0.5) is 0 Å². The molecule has 1 saturated heterocycles. The van der Waals surface area contributed by atoms with E-state index in [1.807, 2.05) is 41.0 Å². The van der Waals surface area contributed by atoms with Crippen LogP contribution in [0.5, 0.6) is 0 Å². The normalized spacial score (nSPS) is 31.5. The molecule has 1 fully saturated rings. The van der Waals surface area contributed by atoms with Crippen LogP contribution in [-0.4, -0.2) is 27.3 Å². The Hall–Kier alpha value is 0.0700. The number of carbonyl (C=O) groups excluding carboxylic acids is 1. The Kier molecular flexibility index (Phi) is 3.80. The van der Waals surface area contributed by atoms with Crippen molar-refractivity contribution in [3.05, 3.63) is 22.4 Å². The van der Waals surface area contributed by atoms with Crippen LogP contribution in [0.2, 0.25) is 0 Å². The molecule has 82 valence electrons. The largest absolute Gasteiger partial charge is 0.292 e. The fourth-order valence-corrected chi connectivity index (χ4v) is 5.16. The average Bonchev–Trinajstić information content (AvgIpc) is 2.74. The molecule has 1 nitrogen and oxygen atoms in total. The van der Waals surface area contributed by atoms with E-state index in [0.29, 0.717) is 16.3 Å². The maximum atomic E-state index is 12.1.